The fourth-order valence-corrected chi connectivity index (χ4v) is 5.00. The van der Waals surface area contributed by atoms with Crippen molar-refractivity contribution in [3.8, 4) is 5.75 Å². The first kappa shape index (κ1) is 21.7. The molecule has 1 saturated heterocycles. The van der Waals surface area contributed by atoms with Crippen molar-refractivity contribution in [2.45, 2.75) is 32.1 Å². The zero-order valence-corrected chi connectivity index (χ0v) is 18.9. The molecule has 2 aliphatic heterocycles. The monoisotopic (exact) mass is 441 g/mol. The Morgan fingerprint density at radius 1 is 0.758 bits per heavy atom. The summed E-state index contributed by atoms with van der Waals surface area (Å²) in [6, 6.07) is 26.2. The van der Waals surface area contributed by atoms with Crippen molar-refractivity contribution in [3.05, 3.63) is 101 Å². The molecule has 1 unspecified atom stereocenters. The molecule has 1 N–H and O–H groups in total. The highest BCUT2D eigenvalue weighted by molar-refractivity contribution is 5.82. The molecule has 0 saturated carbocycles. The molecule has 0 spiro atoms. The number of hydrogen-bond donors (Lipinski definition) is 1. The normalized spacial score (nSPS) is 19.3. The van der Waals surface area contributed by atoms with Gasteiger partial charge in [0.2, 0.25) is 5.91 Å². The number of phenols is 1. The average Bonchev–Trinajstić information content (AvgIpc) is 2.86. The van der Waals surface area contributed by atoms with Crippen LogP contribution in [0.15, 0.2) is 78.9 Å². The lowest BCUT2D eigenvalue weighted by atomic mass is 9.92. The first-order valence-electron chi connectivity index (χ1n) is 11.8. The topological polar surface area (TPSA) is 47.0 Å². The number of aromatic hydroxyl groups is 1. The first-order valence-corrected chi connectivity index (χ1v) is 11.8. The van der Waals surface area contributed by atoms with E-state index in [9.17, 15) is 9.90 Å². The molecule has 0 bridgehead atoms. The minimum absolute atomic E-state index is 0.158. The smallest absolute Gasteiger partial charge is 0.240 e. The van der Waals surface area contributed by atoms with Crippen molar-refractivity contribution in [2.75, 3.05) is 26.2 Å². The van der Waals surface area contributed by atoms with Gasteiger partial charge in [-0.25, -0.2) is 0 Å². The van der Waals surface area contributed by atoms with Gasteiger partial charge in [-0.05, 0) is 40.8 Å². The van der Waals surface area contributed by atoms with E-state index in [1.807, 2.05) is 18.2 Å². The number of benzene rings is 3. The molecule has 1 atom stereocenters. The average molecular weight is 442 g/mol. The fourth-order valence-electron chi connectivity index (χ4n) is 5.00. The molecule has 2 aliphatic rings. The van der Waals surface area contributed by atoms with Crippen LogP contribution in [0.1, 0.15) is 22.3 Å². The Labute approximate surface area is 195 Å². The molecule has 5 rings (SSSR count). The fraction of sp³-hybridized carbons (Fsp3) is 0.321. The van der Waals surface area contributed by atoms with Gasteiger partial charge in [-0.1, -0.05) is 66.7 Å². The predicted octanol–water partition coefficient (Wildman–Crippen LogP) is 3.66. The molecular formula is C28H31N3O2. The van der Waals surface area contributed by atoms with E-state index < -0.39 is 0 Å². The van der Waals surface area contributed by atoms with Gasteiger partial charge < -0.3 is 10.0 Å². The zero-order chi connectivity index (χ0) is 22.6. The molecule has 33 heavy (non-hydrogen) atoms. The molecule has 0 aromatic heterocycles. The van der Waals surface area contributed by atoms with Gasteiger partial charge in [0.25, 0.3) is 0 Å². The van der Waals surface area contributed by atoms with E-state index in [2.05, 4.69) is 63.2 Å². The van der Waals surface area contributed by atoms with Crippen molar-refractivity contribution in [2.24, 2.45) is 0 Å². The van der Waals surface area contributed by atoms with Crippen LogP contribution in [0.2, 0.25) is 0 Å². The number of amides is 1. The molecule has 3 aromatic rings. The van der Waals surface area contributed by atoms with Gasteiger partial charge in [0.05, 0.1) is 6.04 Å². The number of nitrogens with zero attached hydrogens (tertiary/aromatic N) is 3. The number of phenolic OH excluding ortho intramolecular Hbond substituents is 1. The Kier molecular flexibility index (Phi) is 6.42. The summed E-state index contributed by atoms with van der Waals surface area (Å²) in [6.45, 7) is 5.75. The van der Waals surface area contributed by atoms with Gasteiger partial charge in [-0.15, -0.1) is 0 Å². The third-order valence-corrected chi connectivity index (χ3v) is 6.89. The van der Waals surface area contributed by atoms with Gasteiger partial charge in [-0.3, -0.25) is 14.6 Å². The van der Waals surface area contributed by atoms with Gasteiger partial charge in [0, 0.05) is 45.8 Å². The van der Waals surface area contributed by atoms with E-state index in [0.29, 0.717) is 6.54 Å². The molecule has 5 nitrogen and oxygen atoms in total. The van der Waals surface area contributed by atoms with Gasteiger partial charge in [0.1, 0.15) is 5.75 Å². The maximum atomic E-state index is 13.7. The largest absolute Gasteiger partial charge is 0.508 e. The summed E-state index contributed by atoms with van der Waals surface area (Å²) in [5, 5.41) is 9.64. The second-order valence-electron chi connectivity index (χ2n) is 9.15. The lowest BCUT2D eigenvalue weighted by molar-refractivity contribution is -0.139. The quantitative estimate of drug-likeness (QED) is 0.657. The second-order valence-corrected chi connectivity index (χ2v) is 9.15. The first-order chi connectivity index (χ1) is 16.2. The highest BCUT2D eigenvalue weighted by atomic mass is 16.3. The van der Waals surface area contributed by atoms with E-state index >= 15 is 0 Å². The molecule has 0 aliphatic carbocycles. The molecule has 0 radical (unpaired) electrons. The summed E-state index contributed by atoms with van der Waals surface area (Å²) in [7, 11) is 0. The number of hydrogen-bond acceptors (Lipinski definition) is 4. The van der Waals surface area contributed by atoms with Crippen LogP contribution >= 0.6 is 0 Å². The van der Waals surface area contributed by atoms with Crippen LogP contribution in [0.4, 0.5) is 0 Å². The maximum Gasteiger partial charge on any atom is 0.240 e. The van der Waals surface area contributed by atoms with Crippen molar-refractivity contribution in [3.63, 3.8) is 0 Å². The van der Waals surface area contributed by atoms with E-state index in [1.165, 1.54) is 16.7 Å². The Morgan fingerprint density at radius 3 is 2.12 bits per heavy atom. The molecule has 1 fully saturated rings. The Balaban J connectivity index is 1.28. The lowest BCUT2D eigenvalue weighted by Crippen LogP contribution is -2.56. The Morgan fingerprint density at radius 2 is 1.39 bits per heavy atom. The van der Waals surface area contributed by atoms with Crippen molar-refractivity contribution < 1.29 is 9.90 Å². The minimum Gasteiger partial charge on any atom is -0.508 e. The van der Waals surface area contributed by atoms with E-state index in [-0.39, 0.29) is 17.7 Å². The summed E-state index contributed by atoms with van der Waals surface area (Å²) in [5.74, 6) is 0.506. The molecular weight excluding hydrogens is 410 g/mol. The molecule has 170 valence electrons. The van der Waals surface area contributed by atoms with Gasteiger partial charge >= 0.3 is 0 Å². The Bertz CT molecular complexity index is 1080. The van der Waals surface area contributed by atoms with Gasteiger partial charge in [0.15, 0.2) is 0 Å². The summed E-state index contributed by atoms with van der Waals surface area (Å²) >= 11 is 0. The maximum absolute atomic E-state index is 13.7. The zero-order valence-electron chi connectivity index (χ0n) is 18.9. The number of rotatable bonds is 5. The standard InChI is InChI=1S/C28H31N3O2/c32-26-12-10-23(11-13-26)20-31-21-25-9-5-4-8-24(25)18-27(31)28(33)30-16-14-29(15-17-30)19-22-6-2-1-3-7-22/h1-13,27,32H,14-21H2. The number of fused-ring (bicyclic) bond motifs is 1. The molecule has 2 heterocycles. The molecule has 5 heteroatoms. The third kappa shape index (κ3) is 5.10. The summed E-state index contributed by atoms with van der Waals surface area (Å²) in [4.78, 5) is 20.5. The highest BCUT2D eigenvalue weighted by Crippen LogP contribution is 2.27. The van der Waals surface area contributed by atoms with E-state index in [1.54, 1.807) is 12.1 Å². The summed E-state index contributed by atoms with van der Waals surface area (Å²) in [6.07, 6.45) is 0.747. The van der Waals surface area contributed by atoms with Crippen LogP contribution < -0.4 is 0 Å². The van der Waals surface area contributed by atoms with E-state index in [4.69, 9.17) is 0 Å². The minimum atomic E-state index is -0.158. The van der Waals surface area contributed by atoms with Crippen LogP contribution in [0.3, 0.4) is 0 Å². The molecule has 1 amide bonds. The predicted molar refractivity (Wildman–Crippen MR) is 130 cm³/mol. The number of carbonyl (C=O) groups excluding carboxylic acids is 1. The van der Waals surface area contributed by atoms with Crippen molar-refractivity contribution in [1.82, 2.24) is 14.7 Å². The summed E-state index contributed by atoms with van der Waals surface area (Å²) < 4.78 is 0. The van der Waals surface area contributed by atoms with Crippen molar-refractivity contribution >= 4 is 5.91 Å². The lowest BCUT2D eigenvalue weighted by Gasteiger charge is -2.41. The second kappa shape index (κ2) is 9.77. The van der Waals surface area contributed by atoms with Gasteiger partial charge in [-0.2, -0.15) is 0 Å². The number of piperazine rings is 1. The van der Waals surface area contributed by atoms with Crippen LogP contribution in [0.25, 0.3) is 0 Å². The van der Waals surface area contributed by atoms with Crippen LogP contribution in [-0.2, 0) is 30.8 Å². The number of carbonyl (C=O) groups is 1. The Hall–Kier alpha value is -3.15. The SMILES string of the molecule is O=C(C1Cc2ccccc2CN1Cc1ccc(O)cc1)N1CCN(Cc2ccccc2)CC1. The van der Waals surface area contributed by atoms with E-state index in [0.717, 1.165) is 51.3 Å². The summed E-state index contributed by atoms with van der Waals surface area (Å²) in [5.41, 5.74) is 5.01. The third-order valence-electron chi connectivity index (χ3n) is 6.89. The highest BCUT2D eigenvalue weighted by Gasteiger charge is 2.35. The van der Waals surface area contributed by atoms with Crippen molar-refractivity contribution in [1.29, 1.82) is 0 Å². The van der Waals surface area contributed by atoms with Crippen LogP contribution in [0.5, 0.6) is 5.75 Å². The van der Waals surface area contributed by atoms with Crippen LogP contribution in [0, 0.1) is 0 Å². The van der Waals surface area contributed by atoms with Crippen LogP contribution in [-0.4, -0.2) is 57.9 Å². The molecule has 3 aromatic carbocycles.